The summed E-state index contributed by atoms with van der Waals surface area (Å²) in [6.45, 7) is 4.03. The number of para-hydroxylation sites is 1. The molecule has 0 heterocycles. The lowest BCUT2D eigenvalue weighted by atomic mass is 10.1. The second-order valence-corrected chi connectivity index (χ2v) is 8.17. The Morgan fingerprint density at radius 2 is 1.72 bits per heavy atom. The molecule has 2 rings (SSSR count). The van der Waals surface area contributed by atoms with Crippen LogP contribution in [0.1, 0.15) is 30.6 Å². The Balaban J connectivity index is 2.39. The van der Waals surface area contributed by atoms with E-state index in [4.69, 9.17) is 10.5 Å². The number of amides is 2. The number of carbonyl (C=O) groups is 2. The molecule has 0 aromatic heterocycles. The van der Waals surface area contributed by atoms with E-state index in [-0.39, 0.29) is 17.7 Å². The van der Waals surface area contributed by atoms with Crippen molar-refractivity contribution in [1.29, 1.82) is 0 Å². The van der Waals surface area contributed by atoms with Gasteiger partial charge >= 0.3 is 0 Å². The topological polar surface area (TPSA) is 119 Å². The van der Waals surface area contributed by atoms with Gasteiger partial charge in [-0.2, -0.15) is 0 Å². The molecule has 1 atom stereocenters. The molecule has 3 N–H and O–H groups in total. The number of anilines is 2. The molecule has 0 fully saturated rings. The van der Waals surface area contributed by atoms with Gasteiger partial charge < -0.3 is 15.8 Å². The summed E-state index contributed by atoms with van der Waals surface area (Å²) in [6, 6.07) is 11.7. The van der Waals surface area contributed by atoms with Crippen molar-refractivity contribution < 1.29 is 22.7 Å². The fourth-order valence-electron chi connectivity index (χ4n) is 2.94. The van der Waals surface area contributed by atoms with Gasteiger partial charge in [-0.1, -0.05) is 19.1 Å². The van der Waals surface area contributed by atoms with Crippen molar-refractivity contribution >= 4 is 33.2 Å². The predicted molar refractivity (Wildman–Crippen MR) is 113 cm³/mol. The Labute approximate surface area is 170 Å². The molecule has 0 aliphatic heterocycles. The van der Waals surface area contributed by atoms with Gasteiger partial charge in [-0.05, 0) is 49.7 Å². The third-order valence-electron chi connectivity index (χ3n) is 4.18. The highest BCUT2D eigenvalue weighted by molar-refractivity contribution is 7.92. The maximum Gasteiger partial charge on any atom is 0.250 e. The first-order valence-corrected chi connectivity index (χ1v) is 11.0. The van der Waals surface area contributed by atoms with Crippen LogP contribution >= 0.6 is 0 Å². The SMILES string of the molecule is CCOc1ccc(N(C(CC)C(=O)Nc2ccccc2C(N)=O)S(C)(=O)=O)cc1. The molecule has 29 heavy (non-hydrogen) atoms. The Hall–Kier alpha value is -3.07. The molecule has 0 aliphatic carbocycles. The third-order valence-corrected chi connectivity index (χ3v) is 5.36. The Morgan fingerprint density at radius 3 is 2.24 bits per heavy atom. The highest BCUT2D eigenvalue weighted by atomic mass is 32.2. The van der Waals surface area contributed by atoms with Crippen LogP contribution in [0.2, 0.25) is 0 Å². The van der Waals surface area contributed by atoms with Crippen molar-refractivity contribution in [3.8, 4) is 5.75 Å². The maximum atomic E-state index is 13.0. The van der Waals surface area contributed by atoms with Crippen molar-refractivity contribution in [3.63, 3.8) is 0 Å². The predicted octanol–water partition coefficient (Wildman–Crippen LogP) is 2.37. The number of nitrogens with one attached hydrogen (secondary N) is 1. The highest BCUT2D eigenvalue weighted by Crippen LogP contribution is 2.26. The number of nitrogens with two attached hydrogens (primary N) is 1. The molecule has 0 spiro atoms. The lowest BCUT2D eigenvalue weighted by Gasteiger charge is -2.30. The molecule has 1 unspecified atom stereocenters. The second-order valence-electron chi connectivity index (χ2n) is 6.31. The molecule has 9 heteroatoms. The zero-order chi connectivity index (χ0) is 21.6. The molecule has 8 nitrogen and oxygen atoms in total. The van der Waals surface area contributed by atoms with Gasteiger partial charge in [0.15, 0.2) is 0 Å². The molecule has 2 aromatic rings. The van der Waals surface area contributed by atoms with Gasteiger partial charge in [0, 0.05) is 0 Å². The van der Waals surface area contributed by atoms with Gasteiger partial charge in [0.25, 0.3) is 5.91 Å². The quantitative estimate of drug-likeness (QED) is 0.647. The lowest BCUT2D eigenvalue weighted by molar-refractivity contribution is -0.117. The number of ether oxygens (including phenoxy) is 1. The number of rotatable bonds is 9. The van der Waals surface area contributed by atoms with Gasteiger partial charge in [0.1, 0.15) is 11.8 Å². The first-order valence-electron chi connectivity index (χ1n) is 9.11. The van der Waals surface area contributed by atoms with Crippen molar-refractivity contribution in [2.24, 2.45) is 5.73 Å². The number of benzene rings is 2. The van der Waals surface area contributed by atoms with Crippen LogP contribution in [0.4, 0.5) is 11.4 Å². The van der Waals surface area contributed by atoms with Crippen LogP contribution in [0.15, 0.2) is 48.5 Å². The molecule has 2 aromatic carbocycles. The zero-order valence-electron chi connectivity index (χ0n) is 16.6. The van der Waals surface area contributed by atoms with E-state index in [0.29, 0.717) is 18.0 Å². The van der Waals surface area contributed by atoms with Crippen molar-refractivity contribution in [3.05, 3.63) is 54.1 Å². The van der Waals surface area contributed by atoms with E-state index in [9.17, 15) is 18.0 Å². The summed E-state index contributed by atoms with van der Waals surface area (Å²) in [6.07, 6.45) is 1.25. The number of hydrogen-bond acceptors (Lipinski definition) is 5. The molecule has 2 amide bonds. The summed E-state index contributed by atoms with van der Waals surface area (Å²) in [5.41, 5.74) is 6.05. The number of nitrogens with zero attached hydrogens (tertiary/aromatic N) is 1. The van der Waals surface area contributed by atoms with E-state index < -0.39 is 27.9 Å². The minimum Gasteiger partial charge on any atom is -0.494 e. The average molecular weight is 420 g/mol. The molecular weight excluding hydrogens is 394 g/mol. The second kappa shape index (κ2) is 9.42. The van der Waals surface area contributed by atoms with Crippen LogP contribution in [0, 0.1) is 0 Å². The molecule has 0 saturated carbocycles. The summed E-state index contributed by atoms with van der Waals surface area (Å²) in [4.78, 5) is 24.6. The summed E-state index contributed by atoms with van der Waals surface area (Å²) < 4.78 is 31.5. The normalized spacial score (nSPS) is 12.1. The Kier molecular flexibility index (Phi) is 7.22. The minimum atomic E-state index is -3.78. The molecular formula is C20H25N3O5S. The number of primary amides is 1. The van der Waals surface area contributed by atoms with Crippen LogP contribution in [0.5, 0.6) is 5.75 Å². The molecule has 156 valence electrons. The molecule has 0 saturated heterocycles. The highest BCUT2D eigenvalue weighted by Gasteiger charge is 2.32. The van der Waals surface area contributed by atoms with Gasteiger partial charge in [0.05, 0.1) is 29.8 Å². The van der Waals surface area contributed by atoms with E-state index in [1.807, 2.05) is 6.92 Å². The first kappa shape index (κ1) is 22.2. The van der Waals surface area contributed by atoms with Crippen molar-refractivity contribution in [2.75, 3.05) is 22.5 Å². The lowest BCUT2D eigenvalue weighted by Crippen LogP contribution is -2.47. The van der Waals surface area contributed by atoms with E-state index in [0.717, 1.165) is 10.6 Å². The summed E-state index contributed by atoms with van der Waals surface area (Å²) in [5.74, 6) is -0.668. The number of hydrogen-bond donors (Lipinski definition) is 2. The summed E-state index contributed by atoms with van der Waals surface area (Å²) in [5, 5.41) is 2.63. The number of sulfonamides is 1. The Morgan fingerprint density at radius 1 is 1.10 bits per heavy atom. The van der Waals surface area contributed by atoms with Crippen molar-refractivity contribution in [2.45, 2.75) is 26.3 Å². The van der Waals surface area contributed by atoms with Crippen LogP contribution in [-0.2, 0) is 14.8 Å². The van der Waals surface area contributed by atoms with E-state index >= 15 is 0 Å². The van der Waals surface area contributed by atoms with Crippen LogP contribution in [-0.4, -0.2) is 39.1 Å². The standard InChI is InChI=1S/C20H25N3O5S/c1-4-18(20(25)22-17-9-7-6-8-16(17)19(21)24)23(29(3,26)27)14-10-12-15(13-11-14)28-5-2/h6-13,18H,4-5H2,1-3H3,(H2,21,24)(H,22,25). The molecule has 0 radical (unpaired) electrons. The van der Waals surface area contributed by atoms with Gasteiger partial charge in [-0.25, -0.2) is 8.42 Å². The van der Waals surface area contributed by atoms with Crippen LogP contribution in [0.3, 0.4) is 0 Å². The van der Waals surface area contributed by atoms with E-state index in [1.54, 1.807) is 43.3 Å². The van der Waals surface area contributed by atoms with E-state index in [2.05, 4.69) is 5.32 Å². The number of carbonyl (C=O) groups excluding carboxylic acids is 2. The Bertz CT molecular complexity index is 974. The molecule has 0 bridgehead atoms. The fraction of sp³-hybridized carbons (Fsp3) is 0.300. The van der Waals surface area contributed by atoms with Gasteiger partial charge in [-0.3, -0.25) is 13.9 Å². The minimum absolute atomic E-state index is 0.141. The fourth-order valence-corrected chi connectivity index (χ4v) is 4.15. The van der Waals surface area contributed by atoms with Gasteiger partial charge in [0.2, 0.25) is 15.9 Å². The van der Waals surface area contributed by atoms with Crippen LogP contribution in [0.25, 0.3) is 0 Å². The van der Waals surface area contributed by atoms with E-state index in [1.165, 1.54) is 12.1 Å². The maximum absolute atomic E-state index is 13.0. The summed E-state index contributed by atoms with van der Waals surface area (Å²) in [7, 11) is -3.78. The first-order chi connectivity index (χ1) is 13.7. The largest absolute Gasteiger partial charge is 0.494 e. The monoisotopic (exact) mass is 419 g/mol. The van der Waals surface area contributed by atoms with Gasteiger partial charge in [-0.15, -0.1) is 0 Å². The molecule has 0 aliphatic rings. The average Bonchev–Trinajstić information content (AvgIpc) is 2.66. The van der Waals surface area contributed by atoms with Crippen LogP contribution < -0.4 is 20.1 Å². The zero-order valence-corrected chi connectivity index (χ0v) is 17.4. The third kappa shape index (κ3) is 5.47. The van der Waals surface area contributed by atoms with Crippen molar-refractivity contribution in [1.82, 2.24) is 0 Å². The summed E-state index contributed by atoms with van der Waals surface area (Å²) >= 11 is 0. The smallest absolute Gasteiger partial charge is 0.250 e.